The molecule has 0 aromatic heterocycles. The molecule has 8 unspecified atom stereocenters. The summed E-state index contributed by atoms with van der Waals surface area (Å²) < 4.78 is 16.5. The van der Waals surface area contributed by atoms with Crippen molar-refractivity contribution >= 4 is 35.3 Å². The van der Waals surface area contributed by atoms with E-state index in [1.165, 1.54) is 18.2 Å². The number of imide groups is 1. The summed E-state index contributed by atoms with van der Waals surface area (Å²) in [7, 11) is 0. The number of aliphatic hydroxyl groups excluding tert-OH is 4. The first-order chi connectivity index (χ1) is 22.2. The third-order valence-corrected chi connectivity index (χ3v) is 8.35. The second-order valence-corrected chi connectivity index (χ2v) is 12.0. The zero-order valence-corrected chi connectivity index (χ0v) is 27.0. The summed E-state index contributed by atoms with van der Waals surface area (Å²) in [4.78, 5) is 64.3. The van der Waals surface area contributed by atoms with Gasteiger partial charge in [0.15, 0.2) is 0 Å². The third kappa shape index (κ3) is 9.24. The van der Waals surface area contributed by atoms with Gasteiger partial charge in [-0.25, -0.2) is 0 Å². The van der Waals surface area contributed by atoms with Gasteiger partial charge < -0.3 is 51.0 Å². The average molecular weight is 667 g/mol. The molecule has 16 nitrogen and oxygen atoms in total. The van der Waals surface area contributed by atoms with E-state index in [4.69, 9.17) is 19.9 Å². The van der Waals surface area contributed by atoms with Crippen LogP contribution in [-0.2, 0) is 40.1 Å². The molecular weight excluding hydrogens is 620 g/mol. The zero-order chi connectivity index (χ0) is 35.0. The van der Waals surface area contributed by atoms with E-state index in [1.807, 2.05) is 20.8 Å². The smallest absolute Gasteiger partial charge is 0.308 e. The van der Waals surface area contributed by atoms with Crippen LogP contribution < -0.4 is 21.1 Å². The van der Waals surface area contributed by atoms with Gasteiger partial charge in [0.25, 0.3) is 0 Å². The molecule has 2 fully saturated rings. The molecule has 3 rings (SSSR count). The van der Waals surface area contributed by atoms with E-state index >= 15 is 0 Å². The number of hydrogen-bond acceptors (Lipinski definition) is 13. The Morgan fingerprint density at radius 3 is 2.40 bits per heavy atom. The molecule has 8 atom stereocenters. The molecule has 0 aliphatic carbocycles. The molecule has 2 heterocycles. The Balaban J connectivity index is 1.69. The predicted molar refractivity (Wildman–Crippen MR) is 164 cm³/mol. The van der Waals surface area contributed by atoms with Crippen molar-refractivity contribution in [3.05, 3.63) is 23.8 Å². The maximum absolute atomic E-state index is 13.0. The monoisotopic (exact) mass is 666 g/mol. The summed E-state index contributed by atoms with van der Waals surface area (Å²) in [5, 5.41) is 45.2. The normalized spacial score (nSPS) is 25.8. The number of benzene rings is 1. The van der Waals surface area contributed by atoms with E-state index in [-0.39, 0.29) is 55.8 Å². The lowest BCUT2D eigenvalue weighted by molar-refractivity contribution is -0.277. The molecular formula is C31H46N4O12. The summed E-state index contributed by atoms with van der Waals surface area (Å²) >= 11 is 0. The maximum atomic E-state index is 13.0. The number of aliphatic hydroxyl groups is 4. The van der Waals surface area contributed by atoms with E-state index < -0.39 is 78.9 Å². The van der Waals surface area contributed by atoms with Crippen molar-refractivity contribution in [2.45, 2.75) is 90.3 Å². The standard InChI is InChI=1S/C31H46N4O12/c1-5-16(4)30(44)45-14-17-6-7-18(46-31-27(41)26(40)25(39)22(13-36)47-31)10-20(17)34-23(37)8-9-33-28(42)21(12-32)35-24(38)11-19(15(2)3)29(35)43/h6-7,10,15-16,19,21-22,25-27,31,36,39-41H,5,8-9,11-14,32H2,1-4H3,(H,33,42)(H,34,37). The maximum Gasteiger partial charge on any atom is 0.308 e. The van der Waals surface area contributed by atoms with Crippen molar-refractivity contribution in [3.8, 4) is 5.75 Å². The number of nitrogens with two attached hydrogens (primary N) is 1. The van der Waals surface area contributed by atoms with Gasteiger partial charge in [0.1, 0.15) is 42.8 Å². The molecule has 8 N–H and O–H groups in total. The fourth-order valence-electron chi connectivity index (χ4n) is 5.11. The number of esters is 1. The van der Waals surface area contributed by atoms with Crippen molar-refractivity contribution in [3.63, 3.8) is 0 Å². The Bertz CT molecular complexity index is 1290. The molecule has 2 aliphatic heterocycles. The van der Waals surface area contributed by atoms with Crippen LogP contribution in [0.5, 0.6) is 5.75 Å². The molecule has 0 saturated carbocycles. The topological polar surface area (TPSA) is 247 Å². The van der Waals surface area contributed by atoms with Crippen LogP contribution in [0.1, 0.15) is 52.5 Å². The molecule has 1 aromatic rings. The fraction of sp³-hybridized carbons (Fsp3) is 0.645. The molecule has 4 amide bonds. The molecule has 47 heavy (non-hydrogen) atoms. The quantitative estimate of drug-likeness (QED) is 0.0856. The SMILES string of the molecule is CCC(C)C(=O)OCc1ccc(OC2OC(CO)C(O)C(O)C2O)cc1NC(=O)CCNC(=O)C(CN)N1C(=O)CC(C(C)C)C1=O. The first-order valence-electron chi connectivity index (χ1n) is 15.6. The lowest BCUT2D eigenvalue weighted by Gasteiger charge is -2.39. The van der Waals surface area contributed by atoms with Gasteiger partial charge in [0.05, 0.1) is 18.2 Å². The van der Waals surface area contributed by atoms with Crippen LogP contribution in [0.15, 0.2) is 18.2 Å². The summed E-state index contributed by atoms with van der Waals surface area (Å²) in [5.74, 6) is -3.56. The number of anilines is 1. The highest BCUT2D eigenvalue weighted by Gasteiger charge is 2.46. The minimum absolute atomic E-state index is 0.00313. The Kier molecular flexibility index (Phi) is 13.6. The second kappa shape index (κ2) is 16.9. The number of rotatable bonds is 15. The van der Waals surface area contributed by atoms with Gasteiger partial charge >= 0.3 is 5.97 Å². The molecule has 0 spiro atoms. The molecule has 16 heteroatoms. The zero-order valence-electron chi connectivity index (χ0n) is 27.0. The van der Waals surface area contributed by atoms with Crippen LogP contribution in [0, 0.1) is 17.8 Å². The van der Waals surface area contributed by atoms with Crippen LogP contribution in [0.4, 0.5) is 5.69 Å². The van der Waals surface area contributed by atoms with Crippen molar-refractivity contribution in [2.24, 2.45) is 23.5 Å². The lowest BCUT2D eigenvalue weighted by atomic mass is 9.94. The van der Waals surface area contributed by atoms with Gasteiger partial charge in [-0.2, -0.15) is 0 Å². The minimum Gasteiger partial charge on any atom is -0.462 e. The van der Waals surface area contributed by atoms with Gasteiger partial charge in [-0.15, -0.1) is 0 Å². The number of ether oxygens (including phenoxy) is 3. The molecule has 0 bridgehead atoms. The summed E-state index contributed by atoms with van der Waals surface area (Å²) in [6.07, 6.45) is -7.30. The Morgan fingerprint density at radius 2 is 1.81 bits per heavy atom. The number of carbonyl (C=O) groups is 5. The molecule has 2 aliphatic rings. The number of carbonyl (C=O) groups excluding carboxylic acids is 5. The first-order valence-corrected chi connectivity index (χ1v) is 15.6. The van der Waals surface area contributed by atoms with Gasteiger partial charge in [-0.1, -0.05) is 27.7 Å². The minimum atomic E-state index is -1.68. The average Bonchev–Trinajstić information content (AvgIpc) is 3.34. The highest BCUT2D eigenvalue weighted by atomic mass is 16.7. The predicted octanol–water partition coefficient (Wildman–Crippen LogP) is -1.24. The summed E-state index contributed by atoms with van der Waals surface area (Å²) in [5.41, 5.74) is 6.29. The molecule has 2 saturated heterocycles. The largest absolute Gasteiger partial charge is 0.462 e. The van der Waals surface area contributed by atoms with Crippen LogP contribution in [-0.4, -0.2) is 111 Å². The number of nitrogens with one attached hydrogen (secondary N) is 2. The Morgan fingerprint density at radius 1 is 1.11 bits per heavy atom. The molecule has 262 valence electrons. The lowest BCUT2D eigenvalue weighted by Crippen LogP contribution is -2.60. The van der Waals surface area contributed by atoms with Crippen molar-refractivity contribution < 1.29 is 58.6 Å². The Labute approximate surface area is 272 Å². The molecule has 0 radical (unpaired) electrons. The van der Waals surface area contributed by atoms with Crippen molar-refractivity contribution in [1.82, 2.24) is 10.2 Å². The number of nitrogens with zero attached hydrogens (tertiary/aromatic N) is 1. The molecule has 1 aromatic carbocycles. The number of amides is 4. The van der Waals surface area contributed by atoms with Gasteiger partial charge in [0.2, 0.25) is 29.9 Å². The van der Waals surface area contributed by atoms with E-state index in [2.05, 4.69) is 10.6 Å². The van der Waals surface area contributed by atoms with Crippen molar-refractivity contribution in [2.75, 3.05) is 25.0 Å². The van der Waals surface area contributed by atoms with Gasteiger partial charge in [-0.05, 0) is 24.5 Å². The van der Waals surface area contributed by atoms with Crippen molar-refractivity contribution in [1.29, 1.82) is 0 Å². The van der Waals surface area contributed by atoms with E-state index in [9.17, 15) is 44.4 Å². The van der Waals surface area contributed by atoms with Crippen LogP contribution in [0.3, 0.4) is 0 Å². The van der Waals surface area contributed by atoms with Crippen LogP contribution >= 0.6 is 0 Å². The van der Waals surface area contributed by atoms with Gasteiger partial charge in [0, 0.05) is 43.5 Å². The highest BCUT2D eigenvalue weighted by molar-refractivity contribution is 6.07. The fourth-order valence-corrected chi connectivity index (χ4v) is 5.11. The van der Waals surface area contributed by atoms with E-state index in [1.54, 1.807) is 6.92 Å². The summed E-state index contributed by atoms with van der Waals surface area (Å²) in [6.45, 7) is 5.86. The third-order valence-electron chi connectivity index (χ3n) is 8.35. The first kappa shape index (κ1) is 37.8. The van der Waals surface area contributed by atoms with Crippen LogP contribution in [0.25, 0.3) is 0 Å². The summed E-state index contributed by atoms with van der Waals surface area (Å²) in [6, 6.07) is 3.09. The van der Waals surface area contributed by atoms with E-state index in [0.29, 0.717) is 12.0 Å². The van der Waals surface area contributed by atoms with Crippen LogP contribution in [0.2, 0.25) is 0 Å². The number of likely N-dealkylation sites (tertiary alicyclic amines) is 1. The van der Waals surface area contributed by atoms with Gasteiger partial charge in [-0.3, -0.25) is 28.9 Å². The van der Waals surface area contributed by atoms with E-state index in [0.717, 1.165) is 4.90 Å². The second-order valence-electron chi connectivity index (χ2n) is 12.0. The number of hydrogen-bond donors (Lipinski definition) is 7. The Hall–Kier alpha value is -3.67. The highest BCUT2D eigenvalue weighted by Crippen LogP contribution is 2.30.